The molecule has 4 nitrogen and oxygen atoms in total. The van der Waals surface area contributed by atoms with E-state index in [1.54, 1.807) is 11.3 Å². The van der Waals surface area contributed by atoms with Gasteiger partial charge in [0, 0.05) is 11.5 Å². The van der Waals surface area contributed by atoms with E-state index in [4.69, 9.17) is 5.84 Å². The third-order valence-corrected chi connectivity index (χ3v) is 2.80. The molecule has 3 N–H and O–H groups in total. The summed E-state index contributed by atoms with van der Waals surface area (Å²) in [5.74, 6) is 5.92. The summed E-state index contributed by atoms with van der Waals surface area (Å²) in [5, 5.41) is 2.63. The van der Waals surface area contributed by atoms with Gasteiger partial charge in [0.1, 0.15) is 0 Å². The van der Waals surface area contributed by atoms with Crippen molar-refractivity contribution in [2.24, 2.45) is 5.84 Å². The molecule has 0 fully saturated rings. The molecule has 0 aliphatic heterocycles. The number of nitrogen functional groups attached to an aromatic ring is 1. The van der Waals surface area contributed by atoms with Gasteiger partial charge in [0.15, 0.2) is 5.82 Å². The lowest BCUT2D eigenvalue weighted by Gasteiger charge is -1.86. The van der Waals surface area contributed by atoms with Gasteiger partial charge < -0.3 is 0 Å². The second-order valence-electron chi connectivity index (χ2n) is 2.04. The van der Waals surface area contributed by atoms with Crippen molar-refractivity contribution in [2.75, 3.05) is 5.43 Å². The Morgan fingerprint density at radius 2 is 2.42 bits per heavy atom. The Hall–Kier alpha value is -0.980. The van der Waals surface area contributed by atoms with Gasteiger partial charge >= 0.3 is 0 Å². The van der Waals surface area contributed by atoms with Gasteiger partial charge in [0.05, 0.1) is 4.88 Å². The Labute approximate surface area is 77.2 Å². The minimum absolute atomic E-state index is 0.637. The van der Waals surface area contributed by atoms with Crippen LogP contribution in [0, 0.1) is 0 Å². The highest BCUT2D eigenvalue weighted by Gasteiger charge is 2.05. The molecular formula is C6H6N4S2. The zero-order valence-corrected chi connectivity index (χ0v) is 7.65. The SMILES string of the molecule is NNc1nc(-c2cccs2)ns1. The second-order valence-corrected chi connectivity index (χ2v) is 3.74. The Bertz CT molecular complexity index is 353. The summed E-state index contributed by atoms with van der Waals surface area (Å²) in [4.78, 5) is 5.22. The number of aromatic nitrogens is 2. The monoisotopic (exact) mass is 198 g/mol. The minimum Gasteiger partial charge on any atom is -0.299 e. The summed E-state index contributed by atoms with van der Waals surface area (Å²) >= 11 is 2.87. The van der Waals surface area contributed by atoms with Crippen LogP contribution in [0.5, 0.6) is 0 Å². The Balaban J connectivity index is 2.35. The van der Waals surface area contributed by atoms with E-state index in [9.17, 15) is 0 Å². The predicted octanol–water partition coefficient (Wildman–Crippen LogP) is 1.55. The molecule has 0 saturated heterocycles. The molecular weight excluding hydrogens is 192 g/mol. The quantitative estimate of drug-likeness (QED) is 0.567. The first kappa shape index (κ1) is 7.66. The van der Waals surface area contributed by atoms with E-state index in [-0.39, 0.29) is 0 Å². The second kappa shape index (κ2) is 3.18. The van der Waals surface area contributed by atoms with Gasteiger partial charge in [-0.2, -0.15) is 9.36 Å². The van der Waals surface area contributed by atoms with Crippen molar-refractivity contribution >= 4 is 28.0 Å². The molecule has 2 rings (SSSR count). The van der Waals surface area contributed by atoms with Crippen molar-refractivity contribution in [3.05, 3.63) is 17.5 Å². The van der Waals surface area contributed by atoms with E-state index in [0.717, 1.165) is 10.7 Å². The maximum absolute atomic E-state index is 5.18. The maximum atomic E-state index is 5.18. The number of nitrogens with two attached hydrogens (primary N) is 1. The third-order valence-electron chi connectivity index (χ3n) is 1.29. The Kier molecular flexibility index (Phi) is 2.03. The average molecular weight is 198 g/mol. The molecule has 0 spiro atoms. The summed E-state index contributed by atoms with van der Waals surface area (Å²) in [7, 11) is 0. The minimum atomic E-state index is 0.637. The standard InChI is InChI=1S/C6H6N4S2/c7-9-6-8-5(10-12-6)4-2-1-3-11-4/h1-3H,7H2,(H,8,9,10). The molecule has 0 aromatic carbocycles. The van der Waals surface area contributed by atoms with Crippen LogP contribution in [0.25, 0.3) is 10.7 Å². The van der Waals surface area contributed by atoms with Crippen LogP contribution in [0.1, 0.15) is 0 Å². The van der Waals surface area contributed by atoms with E-state index in [1.165, 1.54) is 11.5 Å². The van der Waals surface area contributed by atoms with Crippen molar-refractivity contribution in [1.29, 1.82) is 0 Å². The number of hydrogen-bond donors (Lipinski definition) is 2. The van der Waals surface area contributed by atoms with Crippen LogP contribution in [-0.4, -0.2) is 9.36 Å². The van der Waals surface area contributed by atoms with Gasteiger partial charge in [0.2, 0.25) is 5.13 Å². The lowest BCUT2D eigenvalue weighted by atomic mass is 10.4. The fourth-order valence-electron chi connectivity index (χ4n) is 0.788. The number of hydrogen-bond acceptors (Lipinski definition) is 6. The lowest BCUT2D eigenvalue weighted by Crippen LogP contribution is -2.05. The molecule has 0 aliphatic rings. The molecule has 6 heteroatoms. The molecule has 2 aromatic rings. The Morgan fingerprint density at radius 1 is 1.50 bits per heavy atom. The molecule has 2 aromatic heterocycles. The van der Waals surface area contributed by atoms with Crippen LogP contribution in [-0.2, 0) is 0 Å². The largest absolute Gasteiger partial charge is 0.299 e. The zero-order chi connectivity index (χ0) is 8.39. The van der Waals surface area contributed by atoms with Crippen LogP contribution in [0.2, 0.25) is 0 Å². The van der Waals surface area contributed by atoms with Gasteiger partial charge in [0.25, 0.3) is 0 Å². The number of rotatable bonds is 2. The predicted molar refractivity (Wildman–Crippen MR) is 51.0 cm³/mol. The smallest absolute Gasteiger partial charge is 0.217 e. The first-order valence-corrected chi connectivity index (χ1v) is 4.89. The lowest BCUT2D eigenvalue weighted by molar-refractivity contribution is 1.27. The first-order valence-electron chi connectivity index (χ1n) is 3.24. The molecule has 0 atom stereocenters. The summed E-state index contributed by atoms with van der Waals surface area (Å²) in [6, 6.07) is 3.95. The molecule has 0 amide bonds. The number of anilines is 1. The van der Waals surface area contributed by atoms with Crippen LogP contribution < -0.4 is 11.3 Å². The highest BCUT2D eigenvalue weighted by molar-refractivity contribution is 7.14. The van der Waals surface area contributed by atoms with Gasteiger partial charge in [-0.15, -0.1) is 11.3 Å². The molecule has 0 saturated carbocycles. The molecule has 0 unspecified atom stereocenters. The molecule has 62 valence electrons. The number of hydrazine groups is 1. The van der Waals surface area contributed by atoms with Crippen molar-refractivity contribution < 1.29 is 0 Å². The number of nitrogens with zero attached hydrogens (tertiary/aromatic N) is 2. The maximum Gasteiger partial charge on any atom is 0.217 e. The normalized spacial score (nSPS) is 10.1. The number of nitrogens with one attached hydrogen (secondary N) is 1. The van der Waals surface area contributed by atoms with Crippen molar-refractivity contribution in [3.63, 3.8) is 0 Å². The van der Waals surface area contributed by atoms with Gasteiger partial charge in [-0.05, 0) is 11.4 Å². The molecule has 0 radical (unpaired) electrons. The van der Waals surface area contributed by atoms with Crippen molar-refractivity contribution in [3.8, 4) is 10.7 Å². The summed E-state index contributed by atoms with van der Waals surface area (Å²) in [6.07, 6.45) is 0. The van der Waals surface area contributed by atoms with Gasteiger partial charge in [-0.1, -0.05) is 6.07 Å². The van der Waals surface area contributed by atoms with Crippen LogP contribution >= 0.6 is 22.9 Å². The molecule has 0 bridgehead atoms. The van der Waals surface area contributed by atoms with E-state index < -0.39 is 0 Å². The van der Waals surface area contributed by atoms with Crippen molar-refractivity contribution in [2.45, 2.75) is 0 Å². The van der Waals surface area contributed by atoms with Gasteiger partial charge in [-0.3, -0.25) is 5.43 Å². The topological polar surface area (TPSA) is 63.8 Å². The fourth-order valence-corrected chi connectivity index (χ4v) is 2.00. The van der Waals surface area contributed by atoms with Gasteiger partial charge in [-0.25, -0.2) is 5.84 Å². The summed E-state index contributed by atoms with van der Waals surface area (Å²) in [5.41, 5.74) is 2.46. The molecule has 12 heavy (non-hydrogen) atoms. The first-order chi connectivity index (χ1) is 5.90. The van der Waals surface area contributed by atoms with Crippen LogP contribution in [0.3, 0.4) is 0 Å². The van der Waals surface area contributed by atoms with E-state index in [0.29, 0.717) is 5.13 Å². The highest BCUT2D eigenvalue weighted by atomic mass is 32.1. The van der Waals surface area contributed by atoms with Crippen LogP contribution in [0.15, 0.2) is 17.5 Å². The fraction of sp³-hybridized carbons (Fsp3) is 0. The van der Waals surface area contributed by atoms with Crippen LogP contribution in [0.4, 0.5) is 5.13 Å². The highest BCUT2D eigenvalue weighted by Crippen LogP contribution is 2.24. The van der Waals surface area contributed by atoms with E-state index in [1.807, 2.05) is 17.5 Å². The zero-order valence-electron chi connectivity index (χ0n) is 6.02. The van der Waals surface area contributed by atoms with E-state index in [2.05, 4.69) is 14.8 Å². The van der Waals surface area contributed by atoms with Crippen molar-refractivity contribution in [1.82, 2.24) is 9.36 Å². The molecule has 0 aliphatic carbocycles. The number of thiophene rings is 1. The Morgan fingerprint density at radius 3 is 3.00 bits per heavy atom. The summed E-state index contributed by atoms with van der Waals surface area (Å²) < 4.78 is 4.13. The van der Waals surface area contributed by atoms with E-state index >= 15 is 0 Å². The third kappa shape index (κ3) is 1.31. The average Bonchev–Trinajstić information content (AvgIpc) is 2.75. The molecule has 2 heterocycles. The summed E-state index contributed by atoms with van der Waals surface area (Å²) in [6.45, 7) is 0.